The third-order valence-electron chi connectivity index (χ3n) is 7.34. The highest BCUT2D eigenvalue weighted by Gasteiger charge is 2.33. The second kappa shape index (κ2) is 9.50. The molecule has 2 saturated heterocycles. The molecule has 3 N–H and O–H groups in total. The number of carbonyl (C=O) groups excluding carboxylic acids is 1. The van der Waals surface area contributed by atoms with Crippen LogP contribution in [0.1, 0.15) is 63.3 Å². The first-order valence-electron chi connectivity index (χ1n) is 12.8. The highest BCUT2D eigenvalue weighted by molar-refractivity contribution is 6.00. The molecular formula is C29H37N5O. The summed E-state index contributed by atoms with van der Waals surface area (Å²) in [6.45, 7) is 8.44. The summed E-state index contributed by atoms with van der Waals surface area (Å²) in [6, 6.07) is 19.4. The second-order valence-electron chi connectivity index (χ2n) is 11.3. The molecule has 6 nitrogen and oxygen atoms in total. The number of nitrogens with zero attached hydrogens (tertiary/aromatic N) is 2. The van der Waals surface area contributed by atoms with Gasteiger partial charge in [0.1, 0.15) is 5.82 Å². The average molecular weight is 472 g/mol. The van der Waals surface area contributed by atoms with Crippen molar-refractivity contribution in [3.05, 3.63) is 71.4 Å². The number of rotatable bonds is 5. The van der Waals surface area contributed by atoms with Crippen LogP contribution >= 0.6 is 0 Å². The molecule has 3 aromatic rings. The monoisotopic (exact) mass is 471 g/mol. The molecule has 2 amide bonds. The van der Waals surface area contributed by atoms with E-state index in [4.69, 9.17) is 5.10 Å². The van der Waals surface area contributed by atoms with Crippen LogP contribution < -0.4 is 16.0 Å². The third kappa shape index (κ3) is 5.43. The maximum absolute atomic E-state index is 13.2. The standard InChI is InChI=1S/C29H37N5O/c1-19-9-13-24(14-10-19)34-27(18-26(33-34)29(2,3)4)32-28(35)31-25-8-6-5-7-21(25)15-20-16-22-11-12-23(17-20)30-22/h5-10,13-14,18,20,22-23,30H,11-12,15-17H2,1-4H3,(H2,31,32,35). The van der Waals surface area contributed by atoms with E-state index in [0.29, 0.717) is 23.8 Å². The number of carbonyl (C=O) groups is 1. The van der Waals surface area contributed by atoms with Crippen molar-refractivity contribution >= 4 is 17.5 Å². The van der Waals surface area contributed by atoms with Crippen LogP contribution in [0, 0.1) is 12.8 Å². The fraction of sp³-hybridized carbons (Fsp3) is 0.448. The number of anilines is 2. The van der Waals surface area contributed by atoms with E-state index in [2.05, 4.69) is 67.9 Å². The Kier molecular flexibility index (Phi) is 6.41. The Morgan fingerprint density at radius 2 is 1.71 bits per heavy atom. The smallest absolute Gasteiger partial charge is 0.311 e. The zero-order valence-electron chi connectivity index (χ0n) is 21.3. The molecule has 1 aromatic heterocycles. The Morgan fingerprint density at radius 1 is 1.03 bits per heavy atom. The number of aromatic nitrogens is 2. The van der Waals surface area contributed by atoms with Crippen molar-refractivity contribution in [3.8, 4) is 5.69 Å². The van der Waals surface area contributed by atoms with Crippen molar-refractivity contribution in [2.24, 2.45) is 5.92 Å². The minimum Gasteiger partial charge on any atom is -0.311 e. The van der Waals surface area contributed by atoms with Gasteiger partial charge in [-0.2, -0.15) is 5.10 Å². The van der Waals surface area contributed by atoms with Gasteiger partial charge in [0.25, 0.3) is 0 Å². The summed E-state index contributed by atoms with van der Waals surface area (Å²) in [5.41, 5.74) is 4.98. The quantitative estimate of drug-likeness (QED) is 0.415. The molecule has 35 heavy (non-hydrogen) atoms. The number of para-hydroxylation sites is 1. The van der Waals surface area contributed by atoms with Crippen LogP contribution in [0.2, 0.25) is 0 Å². The summed E-state index contributed by atoms with van der Waals surface area (Å²) >= 11 is 0. The summed E-state index contributed by atoms with van der Waals surface area (Å²) < 4.78 is 1.82. The van der Waals surface area contributed by atoms with Gasteiger partial charge in [-0.05, 0) is 68.7 Å². The van der Waals surface area contributed by atoms with Gasteiger partial charge < -0.3 is 10.6 Å². The summed E-state index contributed by atoms with van der Waals surface area (Å²) in [5.74, 6) is 1.32. The van der Waals surface area contributed by atoms with Gasteiger partial charge in [-0.1, -0.05) is 56.7 Å². The molecule has 2 aliphatic rings. The molecule has 6 heteroatoms. The van der Waals surface area contributed by atoms with Crippen LogP contribution in [0.5, 0.6) is 0 Å². The number of aryl methyl sites for hydroxylation is 1. The number of benzene rings is 2. The van der Waals surface area contributed by atoms with E-state index in [-0.39, 0.29) is 11.4 Å². The van der Waals surface area contributed by atoms with E-state index in [1.807, 2.05) is 35.0 Å². The molecule has 2 bridgehead atoms. The van der Waals surface area contributed by atoms with Crippen LogP contribution in [-0.2, 0) is 11.8 Å². The van der Waals surface area contributed by atoms with Crippen molar-refractivity contribution in [2.45, 2.75) is 77.3 Å². The average Bonchev–Trinajstić information content (AvgIpc) is 3.38. The number of hydrogen-bond donors (Lipinski definition) is 3. The van der Waals surface area contributed by atoms with Crippen molar-refractivity contribution in [2.75, 3.05) is 10.6 Å². The molecule has 0 radical (unpaired) electrons. The zero-order valence-corrected chi connectivity index (χ0v) is 21.3. The maximum Gasteiger partial charge on any atom is 0.324 e. The first kappa shape index (κ1) is 23.6. The molecule has 2 fully saturated rings. The molecule has 2 aromatic carbocycles. The highest BCUT2D eigenvalue weighted by atomic mass is 16.2. The first-order chi connectivity index (χ1) is 16.7. The first-order valence-corrected chi connectivity index (χ1v) is 12.8. The third-order valence-corrected chi connectivity index (χ3v) is 7.34. The number of nitrogens with one attached hydrogen (secondary N) is 3. The van der Waals surface area contributed by atoms with Gasteiger partial charge in [0.05, 0.1) is 11.4 Å². The molecule has 2 atom stereocenters. The number of piperidine rings is 1. The normalized spacial score (nSPS) is 21.7. The lowest BCUT2D eigenvalue weighted by Crippen LogP contribution is -2.38. The molecule has 3 heterocycles. The SMILES string of the molecule is Cc1ccc(-n2nc(C(C)(C)C)cc2NC(=O)Nc2ccccc2CC2CC3CCC(C2)N3)cc1. The summed E-state index contributed by atoms with van der Waals surface area (Å²) in [7, 11) is 0. The van der Waals surface area contributed by atoms with Crippen LogP contribution in [0.4, 0.5) is 16.3 Å². The van der Waals surface area contributed by atoms with E-state index in [1.54, 1.807) is 0 Å². The molecule has 184 valence electrons. The molecular weight excluding hydrogens is 434 g/mol. The van der Waals surface area contributed by atoms with Gasteiger partial charge >= 0.3 is 6.03 Å². The van der Waals surface area contributed by atoms with Crippen molar-refractivity contribution in [1.29, 1.82) is 0 Å². The van der Waals surface area contributed by atoms with Gasteiger partial charge in [0.2, 0.25) is 0 Å². The number of amides is 2. The van der Waals surface area contributed by atoms with Crippen molar-refractivity contribution in [1.82, 2.24) is 15.1 Å². The van der Waals surface area contributed by atoms with E-state index < -0.39 is 0 Å². The summed E-state index contributed by atoms with van der Waals surface area (Å²) in [6.07, 6.45) is 6.05. The predicted molar refractivity (Wildman–Crippen MR) is 142 cm³/mol. The maximum atomic E-state index is 13.2. The van der Waals surface area contributed by atoms with Gasteiger partial charge in [0, 0.05) is 29.3 Å². The predicted octanol–water partition coefficient (Wildman–Crippen LogP) is 6.20. The van der Waals surface area contributed by atoms with Gasteiger partial charge in [-0.3, -0.25) is 5.32 Å². The lowest BCUT2D eigenvalue weighted by atomic mass is 9.86. The molecule has 5 rings (SSSR count). The highest BCUT2D eigenvalue weighted by Crippen LogP contribution is 2.34. The lowest BCUT2D eigenvalue weighted by molar-refractivity contribution is 0.262. The van der Waals surface area contributed by atoms with Crippen molar-refractivity contribution in [3.63, 3.8) is 0 Å². The molecule has 2 unspecified atom stereocenters. The van der Waals surface area contributed by atoms with Gasteiger partial charge in [-0.25, -0.2) is 9.48 Å². The Hall–Kier alpha value is -3.12. The Bertz CT molecular complexity index is 1180. The fourth-order valence-electron chi connectivity index (χ4n) is 5.46. The zero-order chi connectivity index (χ0) is 24.6. The van der Waals surface area contributed by atoms with Gasteiger partial charge in [0.15, 0.2) is 0 Å². The summed E-state index contributed by atoms with van der Waals surface area (Å²) in [4.78, 5) is 13.2. The minimum atomic E-state index is -0.253. The van der Waals surface area contributed by atoms with Crippen molar-refractivity contribution < 1.29 is 4.79 Å². The Labute approximate surface area is 208 Å². The molecule has 0 spiro atoms. The van der Waals surface area contributed by atoms with E-state index in [1.165, 1.54) is 36.8 Å². The van der Waals surface area contributed by atoms with Gasteiger partial charge in [-0.15, -0.1) is 0 Å². The van der Waals surface area contributed by atoms with Crippen LogP contribution in [-0.4, -0.2) is 27.9 Å². The second-order valence-corrected chi connectivity index (χ2v) is 11.3. The number of hydrogen-bond acceptors (Lipinski definition) is 3. The minimum absolute atomic E-state index is 0.135. The summed E-state index contributed by atoms with van der Waals surface area (Å²) in [5, 5.41) is 14.7. The molecule has 0 saturated carbocycles. The van der Waals surface area contributed by atoms with E-state index >= 15 is 0 Å². The largest absolute Gasteiger partial charge is 0.324 e. The van der Waals surface area contributed by atoms with Crippen LogP contribution in [0.3, 0.4) is 0 Å². The number of urea groups is 1. The molecule has 0 aliphatic carbocycles. The topological polar surface area (TPSA) is 71.0 Å². The Balaban J connectivity index is 1.33. The van der Waals surface area contributed by atoms with E-state index in [9.17, 15) is 4.79 Å². The Morgan fingerprint density at radius 3 is 2.40 bits per heavy atom. The number of fused-ring (bicyclic) bond motifs is 2. The lowest BCUT2D eigenvalue weighted by Gasteiger charge is -2.29. The fourth-order valence-corrected chi connectivity index (χ4v) is 5.46. The molecule has 2 aliphatic heterocycles. The van der Waals surface area contributed by atoms with E-state index in [0.717, 1.165) is 23.5 Å². The van der Waals surface area contributed by atoms with Crippen LogP contribution in [0.15, 0.2) is 54.6 Å². The van der Waals surface area contributed by atoms with Crippen LogP contribution in [0.25, 0.3) is 5.69 Å².